The van der Waals surface area contributed by atoms with Crippen molar-refractivity contribution in [2.24, 2.45) is 11.8 Å². The summed E-state index contributed by atoms with van der Waals surface area (Å²) in [5, 5.41) is 12.8. The van der Waals surface area contributed by atoms with E-state index in [4.69, 9.17) is 8.94 Å². The quantitative estimate of drug-likeness (QED) is 0.781. The average Bonchev–Trinajstić information content (AvgIpc) is 3.21. The van der Waals surface area contributed by atoms with Crippen LogP contribution in [0.2, 0.25) is 0 Å². The largest absolute Gasteiger partial charge is 0.415 e. The third-order valence-electron chi connectivity index (χ3n) is 5.07. The Bertz CT molecular complexity index is 861. The second-order valence-corrected chi connectivity index (χ2v) is 7.61. The number of rotatable bonds is 4. The predicted molar refractivity (Wildman–Crippen MR) is 97.3 cm³/mol. The molecule has 0 bridgehead atoms. The molecule has 1 saturated heterocycles. The third-order valence-corrected chi connectivity index (χ3v) is 5.07. The van der Waals surface area contributed by atoms with Gasteiger partial charge in [-0.05, 0) is 13.3 Å². The summed E-state index contributed by atoms with van der Waals surface area (Å²) in [5.74, 6) is 3.32. The van der Waals surface area contributed by atoms with Gasteiger partial charge in [0, 0.05) is 17.4 Å². The van der Waals surface area contributed by atoms with E-state index in [9.17, 15) is 0 Å². The number of hydrogen-bond acceptors (Lipinski definition) is 5. The van der Waals surface area contributed by atoms with Crippen LogP contribution in [0.25, 0.3) is 22.7 Å². The average molecular weight is 353 g/mol. The van der Waals surface area contributed by atoms with E-state index in [-0.39, 0.29) is 0 Å². The van der Waals surface area contributed by atoms with Crippen LogP contribution in [0.15, 0.2) is 39.3 Å². The maximum Gasteiger partial charge on any atom is 0.271 e. The van der Waals surface area contributed by atoms with Gasteiger partial charge in [-0.25, -0.2) is 0 Å². The lowest BCUT2D eigenvalue weighted by Crippen LogP contribution is -3.13. The van der Waals surface area contributed by atoms with E-state index in [1.165, 1.54) is 11.3 Å². The molecule has 1 fully saturated rings. The Morgan fingerprint density at radius 2 is 1.81 bits per heavy atom. The summed E-state index contributed by atoms with van der Waals surface area (Å²) in [4.78, 5) is 1.51. The lowest BCUT2D eigenvalue weighted by molar-refractivity contribution is -0.926. The van der Waals surface area contributed by atoms with Crippen LogP contribution in [-0.2, 0) is 6.54 Å². The van der Waals surface area contributed by atoms with Gasteiger partial charge in [-0.15, -0.1) is 10.2 Å². The van der Waals surface area contributed by atoms with Gasteiger partial charge in [0.25, 0.3) is 11.8 Å². The highest BCUT2D eigenvalue weighted by Crippen LogP contribution is 2.33. The first-order valence-corrected chi connectivity index (χ1v) is 9.28. The normalized spacial score (nSPS) is 23.3. The number of benzene rings is 1. The number of piperidine rings is 1. The van der Waals surface area contributed by atoms with Crippen molar-refractivity contribution in [3.63, 3.8) is 0 Å². The van der Waals surface area contributed by atoms with Crippen molar-refractivity contribution in [1.29, 1.82) is 0 Å². The van der Waals surface area contributed by atoms with Gasteiger partial charge in [0.2, 0.25) is 0 Å². The Hall–Kier alpha value is -2.47. The molecule has 1 aliphatic rings. The van der Waals surface area contributed by atoms with E-state index in [1.54, 1.807) is 0 Å². The highest BCUT2D eigenvalue weighted by Gasteiger charge is 2.28. The Morgan fingerprint density at radius 1 is 1.08 bits per heavy atom. The molecule has 0 saturated carbocycles. The summed E-state index contributed by atoms with van der Waals surface area (Å²) in [6, 6.07) is 9.93. The zero-order chi connectivity index (χ0) is 18.1. The molecule has 0 radical (unpaired) electrons. The summed E-state index contributed by atoms with van der Waals surface area (Å²) in [7, 11) is 0. The fraction of sp³-hybridized carbons (Fsp3) is 0.450. The number of quaternary nitrogens is 1. The van der Waals surface area contributed by atoms with E-state index in [1.807, 2.05) is 37.3 Å². The number of aryl methyl sites for hydroxylation is 1. The van der Waals surface area contributed by atoms with Crippen LogP contribution in [0.5, 0.6) is 0 Å². The molecule has 0 amide bonds. The first-order chi connectivity index (χ1) is 12.6. The molecule has 1 aliphatic heterocycles. The number of nitrogens with one attached hydrogen (secondary N) is 1. The summed E-state index contributed by atoms with van der Waals surface area (Å²) in [5.41, 5.74) is 2.50. The number of likely N-dealkylation sites (tertiary alicyclic amines) is 1. The summed E-state index contributed by atoms with van der Waals surface area (Å²) >= 11 is 0. The van der Waals surface area contributed by atoms with Crippen molar-refractivity contribution in [2.75, 3.05) is 13.1 Å². The Kier molecular flexibility index (Phi) is 4.59. The van der Waals surface area contributed by atoms with Crippen LogP contribution < -0.4 is 4.90 Å². The first kappa shape index (κ1) is 17.0. The van der Waals surface area contributed by atoms with Crippen LogP contribution in [-0.4, -0.2) is 28.4 Å². The molecule has 2 atom stereocenters. The molecule has 4 rings (SSSR count). The van der Waals surface area contributed by atoms with Crippen LogP contribution in [0.1, 0.15) is 31.9 Å². The molecule has 136 valence electrons. The fourth-order valence-electron chi connectivity index (χ4n) is 4.12. The van der Waals surface area contributed by atoms with Gasteiger partial charge in [0.05, 0.1) is 13.1 Å². The summed E-state index contributed by atoms with van der Waals surface area (Å²) < 4.78 is 11.4. The van der Waals surface area contributed by atoms with Crippen LogP contribution in [0.3, 0.4) is 0 Å². The fourth-order valence-corrected chi connectivity index (χ4v) is 4.12. The van der Waals surface area contributed by atoms with Gasteiger partial charge in [-0.1, -0.05) is 49.3 Å². The molecule has 0 aliphatic carbocycles. The Morgan fingerprint density at radius 3 is 2.54 bits per heavy atom. The molecule has 3 heterocycles. The maximum absolute atomic E-state index is 6.00. The molecule has 2 aromatic heterocycles. The minimum Gasteiger partial charge on any atom is -0.415 e. The predicted octanol–water partition coefficient (Wildman–Crippen LogP) is 2.76. The van der Waals surface area contributed by atoms with Crippen molar-refractivity contribution < 1.29 is 13.8 Å². The molecule has 3 aromatic rings. The van der Waals surface area contributed by atoms with E-state index >= 15 is 0 Å². The van der Waals surface area contributed by atoms with E-state index in [0.717, 1.165) is 48.3 Å². The minimum atomic E-state index is 0.482. The monoisotopic (exact) mass is 353 g/mol. The Balaban J connectivity index is 1.58. The lowest BCUT2D eigenvalue weighted by atomic mass is 9.92. The number of nitrogens with zero attached hydrogens (tertiary/aromatic N) is 3. The van der Waals surface area contributed by atoms with Gasteiger partial charge in [0.1, 0.15) is 17.0 Å². The van der Waals surface area contributed by atoms with Crippen LogP contribution in [0, 0.1) is 18.8 Å². The van der Waals surface area contributed by atoms with Crippen molar-refractivity contribution in [2.45, 2.75) is 33.7 Å². The van der Waals surface area contributed by atoms with Crippen molar-refractivity contribution >= 4 is 0 Å². The molecular weight excluding hydrogens is 328 g/mol. The summed E-state index contributed by atoms with van der Waals surface area (Å²) in [6.45, 7) is 9.60. The van der Waals surface area contributed by atoms with Crippen molar-refractivity contribution in [3.05, 3.63) is 42.0 Å². The molecule has 6 nitrogen and oxygen atoms in total. The molecule has 1 N–H and O–H groups in total. The smallest absolute Gasteiger partial charge is 0.271 e. The van der Waals surface area contributed by atoms with Gasteiger partial charge >= 0.3 is 0 Å². The zero-order valence-electron chi connectivity index (χ0n) is 15.5. The summed E-state index contributed by atoms with van der Waals surface area (Å²) in [6.07, 6.45) is 1.30. The second-order valence-electron chi connectivity index (χ2n) is 7.61. The topological polar surface area (TPSA) is 69.4 Å². The van der Waals surface area contributed by atoms with Crippen molar-refractivity contribution in [3.8, 4) is 22.7 Å². The second kappa shape index (κ2) is 7.03. The maximum atomic E-state index is 6.00. The highest BCUT2D eigenvalue weighted by molar-refractivity contribution is 5.77. The minimum absolute atomic E-state index is 0.482. The van der Waals surface area contributed by atoms with Crippen LogP contribution >= 0.6 is 0 Å². The molecule has 6 heteroatoms. The number of hydrogen-bond donors (Lipinski definition) is 1. The first-order valence-electron chi connectivity index (χ1n) is 9.28. The highest BCUT2D eigenvalue weighted by atomic mass is 16.5. The molecule has 0 unspecified atom stereocenters. The zero-order valence-corrected chi connectivity index (χ0v) is 15.5. The SMILES string of the molecule is Cc1onc(-c2ccccc2)c1-c1nnc(C[NH+]2C[C@H](C)C[C@@H](C)C2)o1. The van der Waals surface area contributed by atoms with Gasteiger partial charge in [0.15, 0.2) is 6.54 Å². The third kappa shape index (κ3) is 3.42. The Labute approximate surface area is 153 Å². The van der Waals surface area contributed by atoms with Gasteiger partial charge in [-0.2, -0.15) is 0 Å². The lowest BCUT2D eigenvalue weighted by Gasteiger charge is -2.30. The van der Waals surface area contributed by atoms with E-state index < -0.39 is 0 Å². The molecular formula is C20H25N4O2+. The number of aromatic nitrogens is 3. The van der Waals surface area contributed by atoms with Gasteiger partial charge < -0.3 is 13.8 Å². The molecule has 26 heavy (non-hydrogen) atoms. The van der Waals surface area contributed by atoms with E-state index in [2.05, 4.69) is 29.2 Å². The van der Waals surface area contributed by atoms with E-state index in [0.29, 0.717) is 17.5 Å². The molecule has 1 aromatic carbocycles. The molecule has 0 spiro atoms. The standard InChI is InChI=1S/C20H24N4O2/c1-13-9-14(2)11-24(10-13)12-17-21-22-20(25-17)18-15(3)26-23-19(18)16-7-5-4-6-8-16/h4-8,13-14H,9-12H2,1-3H3/p+1/t13-,14-/m1/s1. The van der Waals surface area contributed by atoms with Crippen LogP contribution in [0.4, 0.5) is 0 Å². The van der Waals surface area contributed by atoms with Crippen molar-refractivity contribution in [1.82, 2.24) is 15.4 Å². The van der Waals surface area contributed by atoms with Gasteiger partial charge in [-0.3, -0.25) is 0 Å².